The molecule has 1 atom stereocenters. The topological polar surface area (TPSA) is 41.1 Å². The highest BCUT2D eigenvalue weighted by atomic mass is 35.5. The molecule has 0 spiro atoms. The number of halogens is 1. The van der Waals surface area contributed by atoms with Crippen LogP contribution in [0, 0.1) is 0 Å². The summed E-state index contributed by atoms with van der Waals surface area (Å²) in [5.74, 6) is 0.0881. The van der Waals surface area contributed by atoms with Crippen LogP contribution in [0.15, 0.2) is 53.4 Å². The molecule has 3 rings (SSSR count). The molecule has 2 aromatic carbocycles. The standard InChI is InChI=1S/C18H20N2OS.ClH/c1-2-19-12-14-8-3-5-9-15(14)20-18(21)17-11-13-7-4-6-10-16(13)22-17;/h3-10,17,19H,2,11-12H2,1H3,(H,20,21);1H. The summed E-state index contributed by atoms with van der Waals surface area (Å²) in [4.78, 5) is 13.8. The van der Waals surface area contributed by atoms with Crippen LogP contribution in [0.4, 0.5) is 5.69 Å². The van der Waals surface area contributed by atoms with Gasteiger partial charge in [-0.25, -0.2) is 0 Å². The molecule has 0 saturated carbocycles. The minimum absolute atomic E-state index is 0. The van der Waals surface area contributed by atoms with Gasteiger partial charge in [0.15, 0.2) is 0 Å². The van der Waals surface area contributed by atoms with Crippen molar-refractivity contribution in [2.24, 2.45) is 0 Å². The zero-order chi connectivity index (χ0) is 15.4. The Morgan fingerprint density at radius 2 is 1.91 bits per heavy atom. The van der Waals surface area contributed by atoms with E-state index in [1.165, 1.54) is 10.5 Å². The molecule has 0 radical (unpaired) electrons. The third kappa shape index (κ3) is 4.28. The molecule has 1 heterocycles. The van der Waals surface area contributed by atoms with Crippen molar-refractivity contribution in [2.75, 3.05) is 11.9 Å². The van der Waals surface area contributed by atoms with E-state index in [0.717, 1.165) is 30.8 Å². The lowest BCUT2D eigenvalue weighted by atomic mass is 10.1. The van der Waals surface area contributed by atoms with Gasteiger partial charge in [0, 0.05) is 17.1 Å². The molecule has 1 aliphatic rings. The third-order valence-corrected chi connectivity index (χ3v) is 5.10. The van der Waals surface area contributed by atoms with Gasteiger partial charge in [0.05, 0.1) is 5.25 Å². The highest BCUT2D eigenvalue weighted by Crippen LogP contribution is 2.37. The van der Waals surface area contributed by atoms with Gasteiger partial charge in [0.2, 0.25) is 5.91 Å². The number of carbonyl (C=O) groups is 1. The van der Waals surface area contributed by atoms with Crippen LogP contribution >= 0.6 is 24.2 Å². The maximum Gasteiger partial charge on any atom is 0.238 e. The average Bonchev–Trinajstić information content (AvgIpc) is 2.98. The molecule has 0 bridgehead atoms. The van der Waals surface area contributed by atoms with Gasteiger partial charge in [0.1, 0.15) is 0 Å². The molecule has 0 fully saturated rings. The van der Waals surface area contributed by atoms with E-state index in [1.54, 1.807) is 11.8 Å². The number of benzene rings is 2. The summed E-state index contributed by atoms with van der Waals surface area (Å²) in [7, 11) is 0. The SMILES string of the molecule is CCNCc1ccccc1NC(=O)C1Cc2ccccc2S1.Cl. The molecular formula is C18H21ClN2OS. The first kappa shape index (κ1) is 17.9. The molecule has 2 aromatic rings. The van der Waals surface area contributed by atoms with Crippen LogP contribution in [0.5, 0.6) is 0 Å². The number of carbonyl (C=O) groups excluding carboxylic acids is 1. The second kappa shape index (κ2) is 8.39. The van der Waals surface area contributed by atoms with E-state index < -0.39 is 0 Å². The summed E-state index contributed by atoms with van der Waals surface area (Å²) in [5, 5.41) is 6.36. The number of amides is 1. The first-order valence-corrected chi connectivity index (χ1v) is 8.50. The number of hydrogen-bond donors (Lipinski definition) is 2. The maximum atomic E-state index is 12.6. The normalized spacial score (nSPS) is 15.6. The number of thioether (sulfide) groups is 1. The molecule has 0 saturated heterocycles. The Labute approximate surface area is 147 Å². The summed E-state index contributed by atoms with van der Waals surface area (Å²) >= 11 is 1.66. The Hall–Kier alpha value is -1.49. The van der Waals surface area contributed by atoms with Gasteiger partial charge >= 0.3 is 0 Å². The van der Waals surface area contributed by atoms with Crippen molar-refractivity contribution < 1.29 is 4.79 Å². The van der Waals surface area contributed by atoms with Crippen LogP contribution in [-0.4, -0.2) is 17.7 Å². The van der Waals surface area contributed by atoms with E-state index in [4.69, 9.17) is 0 Å². The Bertz CT molecular complexity index is 653. The van der Waals surface area contributed by atoms with Crippen molar-refractivity contribution in [2.45, 2.75) is 30.0 Å². The predicted octanol–water partition coefficient (Wildman–Crippen LogP) is 3.87. The molecule has 0 aromatic heterocycles. The lowest BCUT2D eigenvalue weighted by molar-refractivity contribution is -0.115. The first-order chi connectivity index (χ1) is 10.8. The van der Waals surface area contributed by atoms with E-state index >= 15 is 0 Å². The zero-order valence-electron chi connectivity index (χ0n) is 13.0. The van der Waals surface area contributed by atoms with Crippen LogP contribution in [0.3, 0.4) is 0 Å². The largest absolute Gasteiger partial charge is 0.325 e. The summed E-state index contributed by atoms with van der Waals surface area (Å²) in [5.41, 5.74) is 3.30. The van der Waals surface area contributed by atoms with E-state index in [2.05, 4.69) is 35.8 Å². The van der Waals surface area contributed by atoms with Gasteiger partial charge < -0.3 is 10.6 Å². The van der Waals surface area contributed by atoms with Gasteiger partial charge in [-0.15, -0.1) is 24.2 Å². The van der Waals surface area contributed by atoms with Crippen molar-refractivity contribution in [1.82, 2.24) is 5.32 Å². The number of fused-ring (bicyclic) bond motifs is 1. The van der Waals surface area contributed by atoms with E-state index in [1.807, 2.05) is 30.3 Å². The van der Waals surface area contributed by atoms with Crippen molar-refractivity contribution in [3.63, 3.8) is 0 Å². The molecule has 122 valence electrons. The van der Waals surface area contributed by atoms with Crippen LogP contribution in [-0.2, 0) is 17.8 Å². The molecule has 5 heteroatoms. The van der Waals surface area contributed by atoms with Gasteiger partial charge in [-0.3, -0.25) is 4.79 Å². The second-order valence-electron chi connectivity index (χ2n) is 5.35. The Morgan fingerprint density at radius 3 is 2.70 bits per heavy atom. The molecular weight excluding hydrogens is 328 g/mol. The van der Waals surface area contributed by atoms with Crippen molar-refractivity contribution >= 4 is 35.8 Å². The number of nitrogens with one attached hydrogen (secondary N) is 2. The summed E-state index contributed by atoms with van der Waals surface area (Å²) in [6.07, 6.45) is 0.808. The van der Waals surface area contributed by atoms with Crippen molar-refractivity contribution in [3.8, 4) is 0 Å². The fourth-order valence-corrected chi connectivity index (χ4v) is 3.79. The molecule has 1 unspecified atom stereocenters. The second-order valence-corrected chi connectivity index (χ2v) is 6.59. The highest BCUT2D eigenvalue weighted by molar-refractivity contribution is 8.01. The fourth-order valence-electron chi connectivity index (χ4n) is 2.60. The quantitative estimate of drug-likeness (QED) is 0.861. The molecule has 1 aliphatic heterocycles. The van der Waals surface area contributed by atoms with Crippen molar-refractivity contribution in [1.29, 1.82) is 0 Å². The Balaban J connectivity index is 0.00000192. The van der Waals surface area contributed by atoms with Crippen LogP contribution < -0.4 is 10.6 Å². The minimum Gasteiger partial charge on any atom is -0.325 e. The van der Waals surface area contributed by atoms with Crippen molar-refractivity contribution in [3.05, 3.63) is 59.7 Å². The average molecular weight is 349 g/mol. The van der Waals surface area contributed by atoms with Gasteiger partial charge in [-0.05, 0) is 36.2 Å². The molecule has 23 heavy (non-hydrogen) atoms. The summed E-state index contributed by atoms with van der Waals surface area (Å²) in [6, 6.07) is 16.2. The predicted molar refractivity (Wildman–Crippen MR) is 99.5 cm³/mol. The minimum atomic E-state index is -0.0374. The van der Waals surface area contributed by atoms with Crippen LogP contribution in [0.2, 0.25) is 0 Å². The Morgan fingerprint density at radius 1 is 1.17 bits per heavy atom. The number of anilines is 1. The van der Waals surface area contributed by atoms with Crippen LogP contribution in [0.1, 0.15) is 18.1 Å². The summed E-state index contributed by atoms with van der Waals surface area (Å²) in [6.45, 7) is 3.76. The zero-order valence-corrected chi connectivity index (χ0v) is 14.7. The van der Waals surface area contributed by atoms with E-state index in [9.17, 15) is 4.79 Å². The lowest BCUT2D eigenvalue weighted by Crippen LogP contribution is -2.25. The van der Waals surface area contributed by atoms with E-state index in [0.29, 0.717) is 0 Å². The number of hydrogen-bond acceptors (Lipinski definition) is 3. The molecule has 2 N–H and O–H groups in total. The maximum absolute atomic E-state index is 12.6. The molecule has 0 aliphatic carbocycles. The van der Waals surface area contributed by atoms with Gasteiger partial charge in [-0.1, -0.05) is 43.3 Å². The first-order valence-electron chi connectivity index (χ1n) is 7.62. The fraction of sp³-hybridized carbons (Fsp3) is 0.278. The monoisotopic (exact) mass is 348 g/mol. The molecule has 1 amide bonds. The number of para-hydroxylation sites is 1. The highest BCUT2D eigenvalue weighted by Gasteiger charge is 2.28. The smallest absolute Gasteiger partial charge is 0.238 e. The van der Waals surface area contributed by atoms with Gasteiger partial charge in [-0.2, -0.15) is 0 Å². The van der Waals surface area contributed by atoms with Gasteiger partial charge in [0.25, 0.3) is 0 Å². The van der Waals surface area contributed by atoms with E-state index in [-0.39, 0.29) is 23.6 Å². The third-order valence-electron chi connectivity index (χ3n) is 3.78. The molecule has 3 nitrogen and oxygen atoms in total. The lowest BCUT2D eigenvalue weighted by Gasteiger charge is -2.14. The Kier molecular flexibility index (Phi) is 6.51. The van der Waals surface area contributed by atoms with Crippen LogP contribution in [0.25, 0.3) is 0 Å². The number of rotatable bonds is 5. The summed E-state index contributed by atoms with van der Waals surface area (Å²) < 4.78 is 0.